The lowest BCUT2D eigenvalue weighted by molar-refractivity contribution is -0.137. The van der Waals surface area contributed by atoms with Crippen LogP contribution in [0.3, 0.4) is 0 Å². The lowest BCUT2D eigenvalue weighted by Crippen LogP contribution is -2.36. The van der Waals surface area contributed by atoms with Gasteiger partial charge in [0.25, 0.3) is 0 Å². The first-order valence-corrected chi connectivity index (χ1v) is 6.80. The number of carbonyl (C=O) groups is 1. The largest absolute Gasteiger partial charge is 0.465 e. The number of rotatable bonds is 1. The number of amides is 1. The molecule has 8 heteroatoms. The smallest absolute Gasteiger partial charge is 0.416 e. The Labute approximate surface area is 123 Å². The van der Waals surface area contributed by atoms with E-state index in [2.05, 4.69) is 5.16 Å². The van der Waals surface area contributed by atoms with Crippen LogP contribution in [0.1, 0.15) is 30.0 Å². The summed E-state index contributed by atoms with van der Waals surface area (Å²) in [5.41, 5.74) is 0.0437. The Morgan fingerprint density at radius 2 is 2.00 bits per heavy atom. The van der Waals surface area contributed by atoms with Crippen molar-refractivity contribution < 1.29 is 27.6 Å². The first kappa shape index (κ1) is 14.7. The Hall–Kier alpha value is -2.25. The van der Waals surface area contributed by atoms with Crippen LogP contribution in [-0.2, 0) is 6.18 Å². The molecule has 3 rings (SSSR count). The molecule has 1 fully saturated rings. The predicted molar refractivity (Wildman–Crippen MR) is 70.6 cm³/mol. The molecule has 1 amide bonds. The van der Waals surface area contributed by atoms with E-state index in [0.29, 0.717) is 42.6 Å². The summed E-state index contributed by atoms with van der Waals surface area (Å²) in [5.74, 6) is -0.0969. The summed E-state index contributed by atoms with van der Waals surface area (Å²) < 4.78 is 43.5. The highest BCUT2D eigenvalue weighted by molar-refractivity contribution is 5.81. The molecule has 1 aliphatic heterocycles. The number of alkyl halides is 3. The second kappa shape index (κ2) is 5.19. The Bertz CT molecular complexity index is 703. The van der Waals surface area contributed by atoms with Gasteiger partial charge >= 0.3 is 12.3 Å². The molecule has 0 saturated carbocycles. The number of fused-ring (bicyclic) bond motifs is 1. The number of halogens is 3. The third-order valence-corrected chi connectivity index (χ3v) is 3.98. The standard InChI is InChI=1S/C14H13F3N2O3/c15-14(16,17)9-1-2-11-10(7-9)12(18-22-11)8-3-5-19(6-4-8)13(20)21/h1-2,7-8H,3-6H2,(H,20,21). The molecule has 1 aromatic carbocycles. The first-order valence-electron chi connectivity index (χ1n) is 6.80. The van der Waals surface area contributed by atoms with Gasteiger partial charge in [0, 0.05) is 24.4 Å². The molecule has 1 N–H and O–H groups in total. The second-order valence-corrected chi connectivity index (χ2v) is 5.32. The Morgan fingerprint density at radius 3 is 2.59 bits per heavy atom. The molecule has 0 bridgehead atoms. The minimum Gasteiger partial charge on any atom is -0.465 e. The maximum atomic E-state index is 12.8. The van der Waals surface area contributed by atoms with Crippen molar-refractivity contribution in [1.29, 1.82) is 0 Å². The highest BCUT2D eigenvalue weighted by Crippen LogP contribution is 2.36. The van der Waals surface area contributed by atoms with E-state index in [0.717, 1.165) is 12.1 Å². The summed E-state index contributed by atoms with van der Waals surface area (Å²) >= 11 is 0. The van der Waals surface area contributed by atoms with Gasteiger partial charge in [-0.2, -0.15) is 13.2 Å². The van der Waals surface area contributed by atoms with Gasteiger partial charge in [0.2, 0.25) is 0 Å². The average molecular weight is 314 g/mol. The molecule has 5 nitrogen and oxygen atoms in total. The van der Waals surface area contributed by atoms with Crippen LogP contribution in [0.2, 0.25) is 0 Å². The maximum Gasteiger partial charge on any atom is 0.416 e. The fraction of sp³-hybridized carbons (Fsp3) is 0.429. The predicted octanol–water partition coefficient (Wildman–Crippen LogP) is 3.70. The molecule has 0 radical (unpaired) electrons. The quantitative estimate of drug-likeness (QED) is 0.871. The molecule has 118 valence electrons. The normalized spacial score (nSPS) is 17.1. The van der Waals surface area contributed by atoms with Gasteiger partial charge in [0.05, 0.1) is 11.3 Å². The van der Waals surface area contributed by atoms with Crippen molar-refractivity contribution >= 4 is 17.1 Å². The lowest BCUT2D eigenvalue weighted by atomic mass is 9.91. The highest BCUT2D eigenvalue weighted by Gasteiger charge is 2.32. The number of hydrogen-bond acceptors (Lipinski definition) is 3. The highest BCUT2D eigenvalue weighted by atomic mass is 19.4. The van der Waals surface area contributed by atoms with Gasteiger partial charge in [0.1, 0.15) is 0 Å². The van der Waals surface area contributed by atoms with Crippen LogP contribution in [-0.4, -0.2) is 34.3 Å². The Kier molecular flexibility index (Phi) is 3.46. The SMILES string of the molecule is O=C(O)N1CCC(c2noc3ccc(C(F)(F)F)cc23)CC1. The van der Waals surface area contributed by atoms with Gasteiger partial charge in [-0.05, 0) is 31.0 Å². The van der Waals surface area contributed by atoms with Crippen molar-refractivity contribution in [1.82, 2.24) is 10.1 Å². The molecule has 2 heterocycles. The molecule has 22 heavy (non-hydrogen) atoms. The summed E-state index contributed by atoms with van der Waals surface area (Å²) in [6.07, 6.45) is -4.37. The Balaban J connectivity index is 1.90. The minimum absolute atomic E-state index is 0.0969. The molecule has 1 aromatic heterocycles. The molecule has 0 atom stereocenters. The van der Waals surface area contributed by atoms with Crippen molar-refractivity contribution in [2.75, 3.05) is 13.1 Å². The zero-order chi connectivity index (χ0) is 15.9. The molecule has 0 spiro atoms. The van der Waals surface area contributed by atoms with Gasteiger partial charge < -0.3 is 14.5 Å². The van der Waals surface area contributed by atoms with Crippen LogP contribution in [0.4, 0.5) is 18.0 Å². The Morgan fingerprint density at radius 1 is 1.32 bits per heavy atom. The average Bonchev–Trinajstić information content (AvgIpc) is 2.89. The molecule has 1 saturated heterocycles. The number of nitrogens with zero attached hydrogens (tertiary/aromatic N) is 2. The van der Waals surface area contributed by atoms with Crippen molar-refractivity contribution in [3.63, 3.8) is 0 Å². The van der Waals surface area contributed by atoms with Crippen molar-refractivity contribution in [3.05, 3.63) is 29.5 Å². The monoisotopic (exact) mass is 314 g/mol. The van der Waals surface area contributed by atoms with E-state index in [-0.39, 0.29) is 5.92 Å². The number of carboxylic acid groups (broad SMARTS) is 1. The second-order valence-electron chi connectivity index (χ2n) is 5.32. The molecule has 2 aromatic rings. The van der Waals surface area contributed by atoms with Crippen LogP contribution in [0.5, 0.6) is 0 Å². The van der Waals surface area contributed by atoms with Gasteiger partial charge in [-0.3, -0.25) is 0 Å². The van der Waals surface area contributed by atoms with Gasteiger partial charge in [-0.15, -0.1) is 0 Å². The molecule has 0 aliphatic carbocycles. The summed E-state index contributed by atoms with van der Waals surface area (Å²) in [6.45, 7) is 0.681. The molecule has 1 aliphatic rings. The van der Waals surface area contributed by atoms with Crippen LogP contribution in [0, 0.1) is 0 Å². The third kappa shape index (κ3) is 2.60. The van der Waals surface area contributed by atoms with E-state index in [4.69, 9.17) is 9.63 Å². The summed E-state index contributed by atoms with van der Waals surface area (Å²) in [6, 6.07) is 3.27. The van der Waals surface area contributed by atoms with Crippen molar-refractivity contribution in [2.24, 2.45) is 0 Å². The van der Waals surface area contributed by atoms with E-state index in [9.17, 15) is 18.0 Å². The van der Waals surface area contributed by atoms with Crippen LogP contribution in [0.25, 0.3) is 11.0 Å². The summed E-state index contributed by atoms with van der Waals surface area (Å²) in [4.78, 5) is 12.2. The number of hydrogen-bond donors (Lipinski definition) is 1. The number of benzene rings is 1. The van der Waals surface area contributed by atoms with Gasteiger partial charge in [0.15, 0.2) is 5.58 Å². The van der Waals surface area contributed by atoms with E-state index in [1.165, 1.54) is 11.0 Å². The van der Waals surface area contributed by atoms with Crippen molar-refractivity contribution in [2.45, 2.75) is 24.9 Å². The number of likely N-dealkylation sites (tertiary alicyclic amines) is 1. The molecular weight excluding hydrogens is 301 g/mol. The summed E-state index contributed by atoms with van der Waals surface area (Å²) in [7, 11) is 0. The van der Waals surface area contributed by atoms with E-state index >= 15 is 0 Å². The molecule has 0 unspecified atom stereocenters. The first-order chi connectivity index (χ1) is 10.4. The van der Waals surface area contributed by atoms with Crippen LogP contribution in [0.15, 0.2) is 22.7 Å². The van der Waals surface area contributed by atoms with Gasteiger partial charge in [-0.25, -0.2) is 4.79 Å². The van der Waals surface area contributed by atoms with Gasteiger partial charge in [-0.1, -0.05) is 5.16 Å². The fourth-order valence-corrected chi connectivity index (χ4v) is 2.77. The zero-order valence-electron chi connectivity index (χ0n) is 11.4. The lowest BCUT2D eigenvalue weighted by Gasteiger charge is -2.28. The summed E-state index contributed by atoms with van der Waals surface area (Å²) in [5, 5.41) is 13.2. The van der Waals surface area contributed by atoms with E-state index in [1.807, 2.05) is 0 Å². The van der Waals surface area contributed by atoms with E-state index in [1.54, 1.807) is 0 Å². The third-order valence-electron chi connectivity index (χ3n) is 3.98. The van der Waals surface area contributed by atoms with Crippen LogP contribution < -0.4 is 0 Å². The maximum absolute atomic E-state index is 12.8. The zero-order valence-corrected chi connectivity index (χ0v) is 11.4. The number of aromatic nitrogens is 1. The van der Waals surface area contributed by atoms with E-state index < -0.39 is 17.8 Å². The molecular formula is C14H13F3N2O3. The topological polar surface area (TPSA) is 66.6 Å². The van der Waals surface area contributed by atoms with Crippen molar-refractivity contribution in [3.8, 4) is 0 Å². The van der Waals surface area contributed by atoms with Crippen LogP contribution >= 0.6 is 0 Å². The fourth-order valence-electron chi connectivity index (χ4n) is 2.77. The number of piperidine rings is 1. The minimum atomic E-state index is -4.42.